The average molecular weight is 318 g/mol. The van der Waals surface area contributed by atoms with Gasteiger partial charge in [-0.3, -0.25) is 18.7 Å². The Morgan fingerprint density at radius 2 is 1.91 bits per heavy atom. The van der Waals surface area contributed by atoms with Crippen molar-refractivity contribution in [1.82, 2.24) is 19.0 Å². The topological polar surface area (TPSA) is 77.2 Å². The van der Waals surface area contributed by atoms with Crippen molar-refractivity contribution in [2.75, 3.05) is 13.1 Å². The van der Waals surface area contributed by atoms with Crippen LogP contribution in [0.2, 0.25) is 0 Å². The van der Waals surface area contributed by atoms with Crippen LogP contribution < -0.4 is 11.2 Å². The van der Waals surface area contributed by atoms with Gasteiger partial charge < -0.3 is 4.90 Å². The van der Waals surface area contributed by atoms with E-state index in [2.05, 4.69) is 4.98 Å². The summed E-state index contributed by atoms with van der Waals surface area (Å²) in [5.74, 6) is 0.188. The predicted octanol–water partition coefficient (Wildman–Crippen LogP) is 0.750. The number of hydrogen-bond acceptors (Lipinski definition) is 4. The maximum atomic E-state index is 12.6. The first-order chi connectivity index (χ1) is 10.8. The second kappa shape index (κ2) is 6.36. The highest BCUT2D eigenvalue weighted by molar-refractivity contribution is 5.96. The van der Waals surface area contributed by atoms with Gasteiger partial charge in [0.05, 0.1) is 10.9 Å². The smallest absolute Gasteiger partial charge is 0.332 e. The Morgan fingerprint density at radius 3 is 2.48 bits per heavy atom. The molecule has 0 spiro atoms. The van der Waals surface area contributed by atoms with E-state index in [4.69, 9.17) is 0 Å². The lowest BCUT2D eigenvalue weighted by Gasteiger charge is -2.23. The van der Waals surface area contributed by atoms with Gasteiger partial charge in [0, 0.05) is 33.4 Å². The van der Waals surface area contributed by atoms with Crippen molar-refractivity contribution in [2.45, 2.75) is 20.8 Å². The van der Waals surface area contributed by atoms with Crippen molar-refractivity contribution in [3.8, 4) is 0 Å². The highest BCUT2D eigenvalue weighted by Gasteiger charge is 2.18. The van der Waals surface area contributed by atoms with Gasteiger partial charge in [-0.2, -0.15) is 0 Å². The first kappa shape index (κ1) is 16.9. The summed E-state index contributed by atoms with van der Waals surface area (Å²) in [6.45, 7) is 7.22. The SMILES string of the molecule is CCN(CC(C)C)C(=O)c1cnc2c(c1)c(=O)n(C)c(=O)n2C. The van der Waals surface area contributed by atoms with Crippen molar-refractivity contribution in [1.29, 1.82) is 0 Å². The van der Waals surface area contributed by atoms with Gasteiger partial charge in [0.25, 0.3) is 11.5 Å². The van der Waals surface area contributed by atoms with Crippen molar-refractivity contribution < 1.29 is 4.79 Å². The molecular formula is C16H22N4O3. The Hall–Kier alpha value is -2.44. The number of carbonyl (C=O) groups excluding carboxylic acids is 1. The molecule has 0 N–H and O–H groups in total. The second-order valence-corrected chi connectivity index (χ2v) is 6.04. The average Bonchev–Trinajstić information content (AvgIpc) is 2.54. The monoisotopic (exact) mass is 318 g/mol. The molecule has 0 aliphatic carbocycles. The Kier molecular flexibility index (Phi) is 4.68. The molecule has 2 rings (SSSR count). The Morgan fingerprint density at radius 1 is 1.26 bits per heavy atom. The summed E-state index contributed by atoms with van der Waals surface area (Å²) in [7, 11) is 2.96. The fraction of sp³-hybridized carbons (Fsp3) is 0.500. The second-order valence-electron chi connectivity index (χ2n) is 6.04. The van der Waals surface area contributed by atoms with E-state index >= 15 is 0 Å². The Bertz CT molecular complexity index is 864. The number of aryl methyl sites for hydroxylation is 1. The molecule has 1 amide bonds. The summed E-state index contributed by atoms with van der Waals surface area (Å²) in [4.78, 5) is 42.7. The number of fused-ring (bicyclic) bond motifs is 1. The van der Waals surface area contributed by atoms with E-state index in [-0.39, 0.29) is 16.9 Å². The van der Waals surface area contributed by atoms with E-state index in [0.717, 1.165) is 4.57 Å². The largest absolute Gasteiger partial charge is 0.339 e. The van der Waals surface area contributed by atoms with Crippen LogP contribution in [-0.2, 0) is 14.1 Å². The molecule has 0 unspecified atom stereocenters. The number of carbonyl (C=O) groups is 1. The third kappa shape index (κ3) is 3.04. The standard InChI is InChI=1S/C16H22N4O3/c1-6-20(9-10(2)3)14(21)11-7-12-13(17-8-11)18(4)16(23)19(5)15(12)22/h7-8,10H,6,9H2,1-5H3. The van der Waals surface area contributed by atoms with Gasteiger partial charge in [0.15, 0.2) is 0 Å². The van der Waals surface area contributed by atoms with Crippen LogP contribution in [0.1, 0.15) is 31.1 Å². The van der Waals surface area contributed by atoms with Gasteiger partial charge in [-0.25, -0.2) is 9.78 Å². The van der Waals surface area contributed by atoms with Crippen LogP contribution in [0.3, 0.4) is 0 Å². The zero-order chi connectivity index (χ0) is 17.3. The van der Waals surface area contributed by atoms with Gasteiger partial charge in [-0.15, -0.1) is 0 Å². The molecule has 0 aliphatic rings. The number of nitrogens with zero attached hydrogens (tertiary/aromatic N) is 4. The molecular weight excluding hydrogens is 296 g/mol. The lowest BCUT2D eigenvalue weighted by Crippen LogP contribution is -2.38. The maximum Gasteiger partial charge on any atom is 0.332 e. The van der Waals surface area contributed by atoms with E-state index in [9.17, 15) is 14.4 Å². The summed E-state index contributed by atoms with van der Waals surface area (Å²) >= 11 is 0. The number of aromatic nitrogens is 3. The fourth-order valence-electron chi connectivity index (χ4n) is 2.56. The molecule has 0 atom stereocenters. The molecule has 0 aromatic carbocycles. The molecule has 23 heavy (non-hydrogen) atoms. The molecule has 2 aromatic rings. The molecule has 7 nitrogen and oxygen atoms in total. The van der Waals surface area contributed by atoms with Gasteiger partial charge in [-0.1, -0.05) is 13.8 Å². The summed E-state index contributed by atoms with van der Waals surface area (Å²) in [6, 6.07) is 1.52. The van der Waals surface area contributed by atoms with Crippen LogP contribution in [0, 0.1) is 5.92 Å². The Labute approximate surface area is 134 Å². The van der Waals surface area contributed by atoms with Gasteiger partial charge in [-0.05, 0) is 18.9 Å². The number of amides is 1. The molecule has 0 saturated carbocycles. The summed E-state index contributed by atoms with van der Waals surface area (Å²) in [5, 5.41) is 0.265. The molecule has 0 aliphatic heterocycles. The normalized spacial score (nSPS) is 11.2. The highest BCUT2D eigenvalue weighted by atomic mass is 16.2. The zero-order valence-corrected chi connectivity index (χ0v) is 14.2. The van der Waals surface area contributed by atoms with Crippen molar-refractivity contribution in [3.05, 3.63) is 38.7 Å². The van der Waals surface area contributed by atoms with Crippen LogP contribution in [0.15, 0.2) is 21.9 Å². The predicted molar refractivity (Wildman–Crippen MR) is 88.6 cm³/mol. The van der Waals surface area contributed by atoms with Crippen molar-refractivity contribution in [3.63, 3.8) is 0 Å². The molecule has 0 bridgehead atoms. The van der Waals surface area contributed by atoms with E-state index in [1.54, 1.807) is 11.9 Å². The maximum absolute atomic E-state index is 12.6. The third-order valence-electron chi connectivity index (χ3n) is 3.79. The molecule has 0 radical (unpaired) electrons. The van der Waals surface area contributed by atoms with Crippen LogP contribution in [-0.4, -0.2) is 38.0 Å². The van der Waals surface area contributed by atoms with Crippen molar-refractivity contribution >= 4 is 16.9 Å². The van der Waals surface area contributed by atoms with Crippen LogP contribution >= 0.6 is 0 Å². The minimum absolute atomic E-state index is 0.161. The van der Waals surface area contributed by atoms with Crippen molar-refractivity contribution in [2.24, 2.45) is 20.0 Å². The minimum atomic E-state index is -0.447. The lowest BCUT2D eigenvalue weighted by atomic mass is 10.1. The zero-order valence-electron chi connectivity index (χ0n) is 14.2. The minimum Gasteiger partial charge on any atom is -0.339 e. The lowest BCUT2D eigenvalue weighted by molar-refractivity contribution is 0.0745. The van der Waals surface area contributed by atoms with Gasteiger partial charge in [0.1, 0.15) is 5.65 Å². The molecule has 2 heterocycles. The summed E-state index contributed by atoms with van der Waals surface area (Å²) in [6.07, 6.45) is 1.42. The first-order valence-corrected chi connectivity index (χ1v) is 7.63. The summed E-state index contributed by atoms with van der Waals surface area (Å²) < 4.78 is 2.32. The molecule has 0 fully saturated rings. The highest BCUT2D eigenvalue weighted by Crippen LogP contribution is 2.11. The summed E-state index contributed by atoms with van der Waals surface area (Å²) in [5.41, 5.74) is -0.251. The molecule has 7 heteroatoms. The van der Waals surface area contributed by atoms with Gasteiger partial charge in [0.2, 0.25) is 0 Å². The third-order valence-corrected chi connectivity index (χ3v) is 3.79. The van der Waals surface area contributed by atoms with E-state index in [0.29, 0.717) is 24.6 Å². The first-order valence-electron chi connectivity index (χ1n) is 7.63. The quantitative estimate of drug-likeness (QED) is 0.833. The van der Waals surface area contributed by atoms with Crippen LogP contribution in [0.5, 0.6) is 0 Å². The van der Waals surface area contributed by atoms with E-state index in [1.165, 1.54) is 23.9 Å². The van der Waals surface area contributed by atoms with E-state index < -0.39 is 11.2 Å². The Balaban J connectivity index is 2.59. The van der Waals surface area contributed by atoms with Crippen LogP contribution in [0.4, 0.5) is 0 Å². The number of hydrogen-bond donors (Lipinski definition) is 0. The van der Waals surface area contributed by atoms with Gasteiger partial charge >= 0.3 is 5.69 Å². The van der Waals surface area contributed by atoms with Crippen LogP contribution in [0.25, 0.3) is 11.0 Å². The van der Waals surface area contributed by atoms with E-state index in [1.807, 2.05) is 20.8 Å². The molecule has 124 valence electrons. The molecule has 0 saturated heterocycles. The number of pyridine rings is 1. The fourth-order valence-corrected chi connectivity index (χ4v) is 2.56. The number of rotatable bonds is 4. The molecule has 2 aromatic heterocycles.